The lowest BCUT2D eigenvalue weighted by molar-refractivity contribution is -0.114. The van der Waals surface area contributed by atoms with Gasteiger partial charge in [-0.25, -0.2) is 8.42 Å². The van der Waals surface area contributed by atoms with Crippen LogP contribution < -0.4 is 20.1 Å². The summed E-state index contributed by atoms with van der Waals surface area (Å²) in [4.78, 5) is 12.2. The molecule has 2 aromatic carbocycles. The van der Waals surface area contributed by atoms with Gasteiger partial charge in [-0.15, -0.1) is 0 Å². The van der Waals surface area contributed by atoms with Crippen LogP contribution in [0.15, 0.2) is 35.2 Å². The number of rotatable bonds is 7. The van der Waals surface area contributed by atoms with Gasteiger partial charge in [-0.1, -0.05) is 17.7 Å². The summed E-state index contributed by atoms with van der Waals surface area (Å²) in [6.07, 6.45) is 1.06. The summed E-state index contributed by atoms with van der Waals surface area (Å²) in [6.45, 7) is 1.70. The van der Waals surface area contributed by atoms with E-state index in [9.17, 15) is 13.2 Å². The first-order valence-corrected chi connectivity index (χ1v) is 10.2. The molecular weight excluding hydrogens is 392 g/mol. The predicted molar refractivity (Wildman–Crippen MR) is 106 cm³/mol. The van der Waals surface area contributed by atoms with Gasteiger partial charge >= 0.3 is 0 Å². The Morgan fingerprint density at radius 2 is 1.81 bits per heavy atom. The molecule has 0 bridgehead atoms. The second-order valence-electron chi connectivity index (χ2n) is 5.76. The van der Waals surface area contributed by atoms with Crippen LogP contribution in [0.4, 0.5) is 11.4 Å². The Morgan fingerprint density at radius 3 is 2.41 bits per heavy atom. The number of benzene rings is 2. The molecule has 0 saturated heterocycles. The molecule has 0 aromatic heterocycles. The Balaban J connectivity index is 2.23. The molecule has 0 atom stereocenters. The normalized spacial score (nSPS) is 11.0. The number of halogens is 1. The number of carbonyl (C=O) groups excluding carboxylic acids is 1. The summed E-state index contributed by atoms with van der Waals surface area (Å²) in [6, 6.07) is 8.31. The summed E-state index contributed by atoms with van der Waals surface area (Å²) in [5.41, 5.74) is 1.72. The van der Waals surface area contributed by atoms with Gasteiger partial charge in [0.1, 0.15) is 5.75 Å². The highest BCUT2D eigenvalue weighted by atomic mass is 35.5. The summed E-state index contributed by atoms with van der Waals surface area (Å²) >= 11 is 6.05. The van der Waals surface area contributed by atoms with Crippen molar-refractivity contribution in [3.63, 3.8) is 0 Å². The van der Waals surface area contributed by atoms with Gasteiger partial charge in [-0.2, -0.15) is 0 Å². The van der Waals surface area contributed by atoms with Gasteiger partial charge in [0.25, 0.3) is 0 Å². The van der Waals surface area contributed by atoms with Crippen LogP contribution in [0.25, 0.3) is 0 Å². The lowest BCUT2D eigenvalue weighted by atomic mass is 10.2. The highest BCUT2D eigenvalue weighted by molar-refractivity contribution is 7.91. The van der Waals surface area contributed by atoms with Crippen LogP contribution in [0, 0.1) is 6.92 Å². The van der Waals surface area contributed by atoms with E-state index in [2.05, 4.69) is 10.6 Å². The first kappa shape index (κ1) is 20.9. The molecule has 0 radical (unpaired) electrons. The molecule has 0 fully saturated rings. The van der Waals surface area contributed by atoms with Crippen molar-refractivity contribution in [3.8, 4) is 11.5 Å². The van der Waals surface area contributed by atoms with Crippen molar-refractivity contribution in [3.05, 3.63) is 40.9 Å². The van der Waals surface area contributed by atoms with Gasteiger partial charge in [-0.05, 0) is 36.8 Å². The van der Waals surface area contributed by atoms with E-state index in [1.54, 1.807) is 31.2 Å². The third kappa shape index (κ3) is 4.84. The maximum absolute atomic E-state index is 12.3. The Hall–Kier alpha value is -2.45. The maximum atomic E-state index is 12.3. The van der Waals surface area contributed by atoms with Crippen molar-refractivity contribution in [2.75, 3.05) is 37.7 Å². The van der Waals surface area contributed by atoms with Crippen molar-refractivity contribution in [2.45, 2.75) is 11.8 Å². The molecule has 146 valence electrons. The van der Waals surface area contributed by atoms with Gasteiger partial charge in [0.15, 0.2) is 20.5 Å². The average Bonchev–Trinajstić information content (AvgIpc) is 2.62. The zero-order chi connectivity index (χ0) is 20.2. The number of carbonyl (C=O) groups is 1. The van der Waals surface area contributed by atoms with E-state index >= 15 is 0 Å². The van der Waals surface area contributed by atoms with E-state index in [0.29, 0.717) is 16.4 Å². The number of ether oxygens (including phenoxy) is 2. The number of hydrogen-bond donors (Lipinski definition) is 2. The van der Waals surface area contributed by atoms with Crippen molar-refractivity contribution >= 4 is 38.7 Å². The van der Waals surface area contributed by atoms with Crippen molar-refractivity contribution in [1.29, 1.82) is 0 Å². The molecule has 2 rings (SSSR count). The summed E-state index contributed by atoms with van der Waals surface area (Å²) in [5.74, 6) is -0.0679. The van der Waals surface area contributed by atoms with Crippen LogP contribution >= 0.6 is 11.6 Å². The van der Waals surface area contributed by atoms with E-state index in [4.69, 9.17) is 21.1 Å². The fourth-order valence-corrected chi connectivity index (χ4v) is 3.73. The van der Waals surface area contributed by atoms with E-state index in [1.807, 2.05) is 0 Å². The summed E-state index contributed by atoms with van der Waals surface area (Å²) in [5, 5.41) is 6.20. The quantitative estimate of drug-likeness (QED) is 0.725. The Kier molecular flexibility index (Phi) is 6.56. The zero-order valence-corrected chi connectivity index (χ0v) is 17.0. The lowest BCUT2D eigenvalue weighted by Gasteiger charge is -2.17. The third-order valence-electron chi connectivity index (χ3n) is 3.85. The smallest absolute Gasteiger partial charge is 0.243 e. The van der Waals surface area contributed by atoms with Gasteiger partial charge in [0.05, 0.1) is 26.5 Å². The van der Waals surface area contributed by atoms with Crippen LogP contribution in [0.5, 0.6) is 11.5 Å². The minimum atomic E-state index is -3.61. The van der Waals surface area contributed by atoms with Crippen molar-refractivity contribution in [1.82, 2.24) is 0 Å². The molecule has 2 aromatic rings. The fourth-order valence-electron chi connectivity index (χ4n) is 2.51. The highest BCUT2D eigenvalue weighted by Crippen LogP contribution is 2.39. The third-order valence-corrected chi connectivity index (χ3v) is 5.39. The van der Waals surface area contributed by atoms with Crippen LogP contribution in [0.3, 0.4) is 0 Å². The first-order chi connectivity index (χ1) is 12.7. The molecule has 27 heavy (non-hydrogen) atoms. The van der Waals surface area contributed by atoms with Gasteiger partial charge in [0.2, 0.25) is 5.91 Å². The zero-order valence-electron chi connectivity index (χ0n) is 15.4. The Morgan fingerprint density at radius 1 is 1.11 bits per heavy atom. The molecule has 2 N–H and O–H groups in total. The summed E-state index contributed by atoms with van der Waals surface area (Å²) < 4.78 is 34.6. The lowest BCUT2D eigenvalue weighted by Crippen LogP contribution is -2.22. The van der Waals surface area contributed by atoms with Crippen LogP contribution in [-0.4, -0.2) is 41.3 Å². The van der Waals surface area contributed by atoms with E-state index in [1.165, 1.54) is 20.3 Å². The van der Waals surface area contributed by atoms with Crippen LogP contribution in [0.1, 0.15) is 5.56 Å². The Labute approximate surface area is 163 Å². The largest absolute Gasteiger partial charge is 0.495 e. The molecule has 9 heteroatoms. The molecule has 0 spiro atoms. The molecule has 7 nitrogen and oxygen atoms in total. The Bertz CT molecular complexity index is 960. The number of nitrogens with one attached hydrogen (secondary N) is 2. The predicted octanol–water partition coefficient (Wildman–Crippen LogP) is 3.12. The number of hydrogen-bond acceptors (Lipinski definition) is 6. The van der Waals surface area contributed by atoms with Crippen molar-refractivity contribution < 1.29 is 22.7 Å². The topological polar surface area (TPSA) is 93.7 Å². The number of amides is 1. The SMILES string of the molecule is COc1ccc(NCC(=O)Nc2cccc(Cl)c2C)c(OC)c1S(C)(=O)=O. The number of methoxy groups -OCH3 is 2. The van der Waals surface area contributed by atoms with Crippen molar-refractivity contribution in [2.24, 2.45) is 0 Å². The first-order valence-electron chi connectivity index (χ1n) is 7.93. The molecular formula is C18H21ClN2O5S. The van der Waals surface area contributed by atoms with Gasteiger partial charge < -0.3 is 20.1 Å². The number of sulfone groups is 1. The molecule has 0 unspecified atom stereocenters. The van der Waals surface area contributed by atoms with Crippen LogP contribution in [0.2, 0.25) is 5.02 Å². The van der Waals surface area contributed by atoms with Crippen LogP contribution in [-0.2, 0) is 14.6 Å². The highest BCUT2D eigenvalue weighted by Gasteiger charge is 2.23. The van der Waals surface area contributed by atoms with E-state index in [-0.39, 0.29) is 28.8 Å². The molecule has 0 aliphatic rings. The molecule has 0 aliphatic heterocycles. The average molecular weight is 413 g/mol. The minimum absolute atomic E-state index is 0.0800. The fraction of sp³-hybridized carbons (Fsp3) is 0.278. The maximum Gasteiger partial charge on any atom is 0.243 e. The molecule has 0 heterocycles. The molecule has 0 aliphatic carbocycles. The van der Waals surface area contributed by atoms with Gasteiger partial charge in [0, 0.05) is 17.0 Å². The minimum Gasteiger partial charge on any atom is -0.495 e. The van der Waals surface area contributed by atoms with E-state index < -0.39 is 9.84 Å². The molecule has 1 amide bonds. The second kappa shape index (κ2) is 8.49. The van der Waals surface area contributed by atoms with Gasteiger partial charge in [-0.3, -0.25) is 4.79 Å². The second-order valence-corrected chi connectivity index (χ2v) is 8.12. The number of anilines is 2. The summed E-state index contributed by atoms with van der Waals surface area (Å²) in [7, 11) is -0.890. The van der Waals surface area contributed by atoms with E-state index in [0.717, 1.165) is 11.8 Å². The molecule has 0 saturated carbocycles. The monoisotopic (exact) mass is 412 g/mol. The standard InChI is InChI=1S/C18H21ClN2O5S/c1-11-12(19)6-5-7-13(11)21-16(22)10-20-14-8-9-15(25-2)18(17(14)26-3)27(4,23)24/h5-9,20H,10H2,1-4H3,(H,21,22).